The monoisotopic (exact) mass is 311 g/mol. The van der Waals surface area contributed by atoms with Crippen molar-refractivity contribution in [1.29, 1.82) is 0 Å². The highest BCUT2D eigenvalue weighted by atomic mass is 19.4. The Morgan fingerprint density at radius 1 is 1.27 bits per heavy atom. The first-order valence-corrected chi connectivity index (χ1v) is 7.06. The fraction of sp³-hybridized carbons (Fsp3) is 0.500. The van der Waals surface area contributed by atoms with Crippen LogP contribution in [0.1, 0.15) is 30.3 Å². The molecule has 2 aromatic heterocycles. The molecule has 3 heterocycles. The molecule has 3 rings (SSSR count). The summed E-state index contributed by atoms with van der Waals surface area (Å²) < 4.78 is 39.8. The fourth-order valence-electron chi connectivity index (χ4n) is 2.85. The van der Waals surface area contributed by atoms with Crippen LogP contribution in [0.3, 0.4) is 0 Å². The summed E-state index contributed by atoms with van der Waals surface area (Å²) in [7, 11) is 1.61. The maximum absolute atomic E-state index is 12.8. The van der Waals surface area contributed by atoms with Crippen LogP contribution in [0.5, 0.6) is 0 Å². The number of nitrogens with zero attached hydrogens (tertiary/aromatic N) is 5. The summed E-state index contributed by atoms with van der Waals surface area (Å²) in [6.45, 7) is 1.42. The van der Waals surface area contributed by atoms with Crippen LogP contribution in [0.4, 0.5) is 19.0 Å². The molecule has 1 unspecified atom stereocenters. The Labute approximate surface area is 125 Å². The largest absolute Gasteiger partial charge is 0.434 e. The van der Waals surface area contributed by atoms with Crippen molar-refractivity contribution in [2.24, 2.45) is 7.05 Å². The average molecular weight is 311 g/mol. The zero-order chi connectivity index (χ0) is 15.7. The van der Waals surface area contributed by atoms with Crippen molar-refractivity contribution in [3.05, 3.63) is 36.3 Å². The van der Waals surface area contributed by atoms with Crippen molar-refractivity contribution in [3.63, 3.8) is 0 Å². The lowest BCUT2D eigenvalue weighted by atomic mass is 9.97. The van der Waals surface area contributed by atoms with Crippen LogP contribution < -0.4 is 4.90 Å². The van der Waals surface area contributed by atoms with Gasteiger partial charge in [0, 0.05) is 44.6 Å². The lowest BCUT2D eigenvalue weighted by Crippen LogP contribution is -2.35. The number of piperidine rings is 1. The van der Waals surface area contributed by atoms with E-state index in [1.807, 2.05) is 4.90 Å². The second-order valence-corrected chi connectivity index (χ2v) is 5.44. The molecule has 118 valence electrons. The molecule has 0 amide bonds. The number of imidazole rings is 1. The number of hydrogen-bond donors (Lipinski definition) is 0. The van der Waals surface area contributed by atoms with Gasteiger partial charge in [0.05, 0.1) is 6.20 Å². The molecule has 1 atom stereocenters. The minimum absolute atomic E-state index is 0.0446. The van der Waals surface area contributed by atoms with Crippen molar-refractivity contribution in [2.75, 3.05) is 18.0 Å². The van der Waals surface area contributed by atoms with Gasteiger partial charge in [-0.25, -0.2) is 9.97 Å². The van der Waals surface area contributed by atoms with Crippen LogP contribution in [0, 0.1) is 0 Å². The molecule has 22 heavy (non-hydrogen) atoms. The van der Waals surface area contributed by atoms with E-state index in [1.54, 1.807) is 25.6 Å². The summed E-state index contributed by atoms with van der Waals surface area (Å²) in [6, 6.07) is 0. The van der Waals surface area contributed by atoms with Gasteiger partial charge in [0.15, 0.2) is 5.69 Å². The first-order valence-electron chi connectivity index (χ1n) is 7.06. The SMILES string of the molecule is Cn1cc(C(F)(F)F)nc1C1CCCN(c2cnccn2)C1. The van der Waals surface area contributed by atoms with E-state index >= 15 is 0 Å². The van der Waals surface area contributed by atoms with Crippen molar-refractivity contribution >= 4 is 5.82 Å². The minimum atomic E-state index is -4.41. The summed E-state index contributed by atoms with van der Waals surface area (Å²) in [4.78, 5) is 14.1. The number of halogens is 3. The quantitative estimate of drug-likeness (QED) is 0.855. The molecule has 5 nitrogen and oxygen atoms in total. The van der Waals surface area contributed by atoms with Gasteiger partial charge in [0.1, 0.15) is 11.6 Å². The summed E-state index contributed by atoms with van der Waals surface area (Å²) in [5.41, 5.74) is -0.832. The van der Waals surface area contributed by atoms with Crippen molar-refractivity contribution < 1.29 is 13.2 Å². The maximum atomic E-state index is 12.8. The Balaban J connectivity index is 1.82. The summed E-state index contributed by atoms with van der Waals surface area (Å²) in [5, 5.41) is 0. The van der Waals surface area contributed by atoms with Crippen molar-refractivity contribution in [2.45, 2.75) is 24.9 Å². The van der Waals surface area contributed by atoms with Gasteiger partial charge >= 0.3 is 6.18 Å². The van der Waals surface area contributed by atoms with Gasteiger partial charge in [-0.1, -0.05) is 0 Å². The number of anilines is 1. The minimum Gasteiger partial charge on any atom is -0.355 e. The van der Waals surface area contributed by atoms with E-state index in [0.717, 1.165) is 31.4 Å². The van der Waals surface area contributed by atoms with Gasteiger partial charge in [-0.05, 0) is 12.8 Å². The Morgan fingerprint density at radius 3 is 2.73 bits per heavy atom. The first kappa shape index (κ1) is 14.8. The zero-order valence-electron chi connectivity index (χ0n) is 12.1. The summed E-state index contributed by atoms with van der Waals surface area (Å²) in [6.07, 6.45) is 3.23. The first-order chi connectivity index (χ1) is 10.4. The molecule has 0 aliphatic carbocycles. The van der Waals surface area contributed by atoms with Crippen LogP contribution >= 0.6 is 0 Å². The summed E-state index contributed by atoms with van der Waals surface area (Å²) >= 11 is 0. The van der Waals surface area contributed by atoms with E-state index in [4.69, 9.17) is 0 Å². The number of aryl methyl sites for hydroxylation is 1. The molecular weight excluding hydrogens is 295 g/mol. The van der Waals surface area contributed by atoms with Crippen LogP contribution in [-0.4, -0.2) is 32.6 Å². The highest BCUT2D eigenvalue weighted by molar-refractivity contribution is 5.36. The molecule has 0 aromatic carbocycles. The Morgan fingerprint density at radius 2 is 2.09 bits per heavy atom. The van der Waals surface area contributed by atoms with Crippen LogP contribution in [0.15, 0.2) is 24.8 Å². The highest BCUT2D eigenvalue weighted by Gasteiger charge is 2.36. The van der Waals surface area contributed by atoms with E-state index in [0.29, 0.717) is 12.4 Å². The van der Waals surface area contributed by atoms with E-state index in [2.05, 4.69) is 15.0 Å². The number of alkyl halides is 3. The molecule has 1 aliphatic rings. The molecule has 1 aliphatic heterocycles. The van der Waals surface area contributed by atoms with Gasteiger partial charge in [0.25, 0.3) is 0 Å². The normalized spacial score (nSPS) is 19.5. The molecule has 1 saturated heterocycles. The number of hydrogen-bond acceptors (Lipinski definition) is 4. The molecule has 0 saturated carbocycles. The Kier molecular flexibility index (Phi) is 3.76. The third-order valence-electron chi connectivity index (χ3n) is 3.86. The van der Waals surface area contributed by atoms with Crippen LogP contribution in [0.2, 0.25) is 0 Å². The predicted octanol–water partition coefficient (Wildman–Crippen LogP) is 2.61. The van der Waals surface area contributed by atoms with Crippen LogP contribution in [-0.2, 0) is 13.2 Å². The average Bonchev–Trinajstić information content (AvgIpc) is 2.90. The van der Waals surface area contributed by atoms with E-state index in [9.17, 15) is 13.2 Å². The van der Waals surface area contributed by atoms with Crippen molar-refractivity contribution in [3.8, 4) is 0 Å². The highest BCUT2D eigenvalue weighted by Crippen LogP contribution is 2.32. The fourth-order valence-corrected chi connectivity index (χ4v) is 2.85. The number of rotatable bonds is 2. The van der Waals surface area contributed by atoms with E-state index < -0.39 is 11.9 Å². The Hall–Kier alpha value is -2.12. The molecular formula is C14H16F3N5. The lowest BCUT2D eigenvalue weighted by Gasteiger charge is -2.32. The summed E-state index contributed by atoms with van der Waals surface area (Å²) in [5.74, 6) is 1.18. The molecule has 8 heteroatoms. The zero-order valence-corrected chi connectivity index (χ0v) is 12.1. The van der Waals surface area contributed by atoms with Crippen molar-refractivity contribution in [1.82, 2.24) is 19.5 Å². The molecule has 0 spiro atoms. The van der Waals surface area contributed by atoms with E-state index in [-0.39, 0.29) is 5.92 Å². The van der Waals surface area contributed by atoms with Gasteiger partial charge in [-0.2, -0.15) is 13.2 Å². The van der Waals surface area contributed by atoms with Crippen LogP contribution in [0.25, 0.3) is 0 Å². The Bertz CT molecular complexity index is 638. The standard InChI is InChI=1S/C14H16F3N5/c1-21-9-11(14(15,16)17)20-13(21)10-3-2-6-22(8-10)12-7-18-4-5-19-12/h4-5,7,9-10H,2-3,6,8H2,1H3. The van der Waals surface area contributed by atoms with Gasteiger partial charge in [-0.15, -0.1) is 0 Å². The molecule has 1 fully saturated rings. The molecule has 0 N–H and O–H groups in total. The molecule has 0 bridgehead atoms. The maximum Gasteiger partial charge on any atom is 0.434 e. The molecule has 2 aromatic rings. The second kappa shape index (κ2) is 5.58. The van der Waals surface area contributed by atoms with Gasteiger partial charge in [-0.3, -0.25) is 4.98 Å². The van der Waals surface area contributed by atoms with Gasteiger partial charge in [0.2, 0.25) is 0 Å². The van der Waals surface area contributed by atoms with Gasteiger partial charge < -0.3 is 9.47 Å². The predicted molar refractivity (Wildman–Crippen MR) is 74.4 cm³/mol. The second-order valence-electron chi connectivity index (χ2n) is 5.44. The topological polar surface area (TPSA) is 46.8 Å². The smallest absolute Gasteiger partial charge is 0.355 e. The van der Waals surface area contributed by atoms with E-state index in [1.165, 1.54) is 4.57 Å². The third kappa shape index (κ3) is 2.90. The lowest BCUT2D eigenvalue weighted by molar-refractivity contribution is -0.141. The number of aromatic nitrogens is 4. The third-order valence-corrected chi connectivity index (χ3v) is 3.86. The molecule has 0 radical (unpaired) electrons.